The fourth-order valence-electron chi connectivity index (χ4n) is 3.15. The van der Waals surface area contributed by atoms with Crippen LogP contribution < -0.4 is 10.1 Å². The lowest BCUT2D eigenvalue weighted by atomic mass is 9.98. The molecule has 1 heterocycles. The maximum atomic E-state index is 12.4. The van der Waals surface area contributed by atoms with E-state index in [4.69, 9.17) is 14.6 Å². The summed E-state index contributed by atoms with van der Waals surface area (Å²) in [6, 6.07) is 7.37. The van der Waals surface area contributed by atoms with Gasteiger partial charge in [0.1, 0.15) is 5.75 Å². The first-order chi connectivity index (χ1) is 14.8. The van der Waals surface area contributed by atoms with E-state index in [0.29, 0.717) is 35.4 Å². The fraction of sp³-hybridized carbons (Fsp3) is 0.522. The number of rotatable bonds is 10. The largest absolute Gasteiger partial charge is 0.496 e. The minimum Gasteiger partial charge on any atom is -0.496 e. The smallest absolute Gasteiger partial charge is 0.317 e. The summed E-state index contributed by atoms with van der Waals surface area (Å²) in [5, 5.41) is 10.4. The molecule has 0 spiro atoms. The quantitative estimate of drug-likeness (QED) is 0.430. The number of aliphatic carboxylic acids is 1. The topological polar surface area (TPSA) is 105 Å². The van der Waals surface area contributed by atoms with E-state index in [1.807, 2.05) is 24.3 Å². The van der Waals surface area contributed by atoms with Crippen molar-refractivity contribution in [1.82, 2.24) is 10.2 Å². The number of ether oxygens (including phenoxy) is 2. The Morgan fingerprint density at radius 1 is 1.16 bits per heavy atom. The molecule has 31 heavy (non-hydrogen) atoms. The predicted octanol–water partition coefficient (Wildman–Crippen LogP) is 3.62. The number of carbonyl (C=O) groups is 3. The summed E-state index contributed by atoms with van der Waals surface area (Å²) in [6.07, 6.45) is 4.40. The zero-order chi connectivity index (χ0) is 23.4. The van der Waals surface area contributed by atoms with E-state index in [1.54, 1.807) is 14.0 Å². The molecule has 0 aromatic heterocycles. The average Bonchev–Trinajstić information content (AvgIpc) is 3.05. The molecular formula is C23H34N2O6. The molecule has 1 aromatic carbocycles. The third-order valence-corrected chi connectivity index (χ3v) is 5.00. The number of carbonyl (C=O) groups excluding carboxylic acids is 2. The number of hydrogen-bond acceptors (Lipinski definition) is 5. The van der Waals surface area contributed by atoms with E-state index in [-0.39, 0.29) is 6.42 Å². The Kier molecular flexibility index (Phi) is 11.2. The third-order valence-electron chi connectivity index (χ3n) is 5.00. The molecule has 1 unspecified atom stereocenters. The first-order valence-corrected chi connectivity index (χ1v) is 10.6. The molecule has 1 fully saturated rings. The van der Waals surface area contributed by atoms with E-state index >= 15 is 0 Å². The van der Waals surface area contributed by atoms with Crippen LogP contribution in [0.5, 0.6) is 5.75 Å². The van der Waals surface area contributed by atoms with Crippen molar-refractivity contribution in [3.8, 4) is 5.75 Å². The molecule has 1 aliphatic heterocycles. The van der Waals surface area contributed by atoms with Gasteiger partial charge in [-0.25, -0.2) is 0 Å². The second-order valence-corrected chi connectivity index (χ2v) is 7.12. The first kappa shape index (κ1) is 26.0. The summed E-state index contributed by atoms with van der Waals surface area (Å²) in [6.45, 7) is 6.35. The van der Waals surface area contributed by atoms with Crippen molar-refractivity contribution < 1.29 is 29.0 Å². The SMILES string of the molecule is CCC(=O)O.CCCCC(CC)CN1C(=O)C(=O)NC1=C(OC)c1ccccc1OC. The standard InChI is InChI=1S/C20H28N2O4.C3H6O2/c1-5-7-10-14(6-2)13-22-18(21-19(23)20(22)24)17(26-4)15-11-8-9-12-16(15)25-3;1-2-3(4)5/h8-9,11-12,14H,5-7,10,13H2,1-4H3,(H,21,23);2H2,1H3,(H,4,5). The lowest BCUT2D eigenvalue weighted by Gasteiger charge is -2.24. The van der Waals surface area contributed by atoms with Gasteiger partial charge in [0.2, 0.25) is 0 Å². The van der Waals surface area contributed by atoms with Gasteiger partial charge >= 0.3 is 17.8 Å². The van der Waals surface area contributed by atoms with Gasteiger partial charge < -0.3 is 19.9 Å². The highest BCUT2D eigenvalue weighted by Gasteiger charge is 2.38. The third kappa shape index (κ3) is 7.31. The summed E-state index contributed by atoms with van der Waals surface area (Å²) < 4.78 is 11.0. The van der Waals surface area contributed by atoms with Gasteiger partial charge in [-0.3, -0.25) is 19.3 Å². The van der Waals surface area contributed by atoms with Crippen LogP contribution >= 0.6 is 0 Å². The van der Waals surface area contributed by atoms with Crippen molar-refractivity contribution in [1.29, 1.82) is 0 Å². The van der Waals surface area contributed by atoms with Crippen LogP contribution in [0.3, 0.4) is 0 Å². The molecular weight excluding hydrogens is 400 g/mol. The van der Waals surface area contributed by atoms with Crippen LogP contribution in [0.1, 0.15) is 58.4 Å². The summed E-state index contributed by atoms with van der Waals surface area (Å²) in [5.41, 5.74) is 0.689. The van der Waals surface area contributed by atoms with Crippen molar-refractivity contribution in [2.24, 2.45) is 5.92 Å². The molecule has 0 radical (unpaired) electrons. The van der Waals surface area contributed by atoms with Crippen molar-refractivity contribution in [3.05, 3.63) is 35.6 Å². The maximum absolute atomic E-state index is 12.4. The second-order valence-electron chi connectivity index (χ2n) is 7.12. The zero-order valence-corrected chi connectivity index (χ0v) is 19.1. The van der Waals surface area contributed by atoms with E-state index in [0.717, 1.165) is 25.7 Å². The van der Waals surface area contributed by atoms with Crippen LogP contribution in [-0.4, -0.2) is 48.6 Å². The van der Waals surface area contributed by atoms with Gasteiger partial charge in [0, 0.05) is 13.0 Å². The van der Waals surface area contributed by atoms with Crippen LogP contribution in [0, 0.1) is 5.92 Å². The molecule has 1 atom stereocenters. The summed E-state index contributed by atoms with van der Waals surface area (Å²) >= 11 is 0. The Bertz CT molecular complexity index is 790. The van der Waals surface area contributed by atoms with E-state index < -0.39 is 17.8 Å². The zero-order valence-electron chi connectivity index (χ0n) is 19.1. The molecule has 0 aliphatic carbocycles. The molecule has 0 bridgehead atoms. The molecule has 2 rings (SSSR count). The lowest BCUT2D eigenvalue weighted by molar-refractivity contribution is -0.140. The van der Waals surface area contributed by atoms with Crippen LogP contribution in [0.4, 0.5) is 0 Å². The highest BCUT2D eigenvalue weighted by atomic mass is 16.5. The maximum Gasteiger partial charge on any atom is 0.317 e. The number of nitrogens with one attached hydrogen (secondary N) is 1. The Morgan fingerprint density at radius 3 is 2.32 bits per heavy atom. The molecule has 1 saturated heterocycles. The molecule has 172 valence electrons. The van der Waals surface area contributed by atoms with Gasteiger partial charge in [-0.2, -0.15) is 0 Å². The molecule has 8 nitrogen and oxygen atoms in total. The molecule has 0 saturated carbocycles. The second kappa shape index (κ2) is 13.3. The van der Waals surface area contributed by atoms with Crippen LogP contribution in [0.2, 0.25) is 0 Å². The number of unbranched alkanes of at least 4 members (excludes halogenated alkanes) is 1. The molecule has 1 aromatic rings. The minimum atomic E-state index is -0.745. The van der Waals surface area contributed by atoms with Crippen molar-refractivity contribution in [2.45, 2.75) is 52.9 Å². The molecule has 2 amide bonds. The Balaban J connectivity index is 0.000000861. The van der Waals surface area contributed by atoms with Crippen LogP contribution in [0.25, 0.3) is 5.76 Å². The molecule has 1 aliphatic rings. The monoisotopic (exact) mass is 434 g/mol. The summed E-state index contributed by atoms with van der Waals surface area (Å²) in [4.78, 5) is 35.4. The number of amides is 2. The van der Waals surface area contributed by atoms with E-state index in [1.165, 1.54) is 12.0 Å². The number of methoxy groups -OCH3 is 2. The van der Waals surface area contributed by atoms with Crippen molar-refractivity contribution >= 4 is 23.5 Å². The van der Waals surface area contributed by atoms with Gasteiger partial charge in [0.25, 0.3) is 0 Å². The number of para-hydroxylation sites is 1. The van der Waals surface area contributed by atoms with Crippen molar-refractivity contribution in [2.75, 3.05) is 20.8 Å². The fourth-order valence-corrected chi connectivity index (χ4v) is 3.15. The normalized spacial score (nSPS) is 15.6. The van der Waals surface area contributed by atoms with Gasteiger partial charge in [-0.05, 0) is 24.5 Å². The first-order valence-electron chi connectivity index (χ1n) is 10.6. The molecule has 8 heteroatoms. The van der Waals surface area contributed by atoms with Crippen molar-refractivity contribution in [3.63, 3.8) is 0 Å². The average molecular weight is 435 g/mol. The lowest BCUT2D eigenvalue weighted by Crippen LogP contribution is -2.32. The summed E-state index contributed by atoms with van der Waals surface area (Å²) in [7, 11) is 3.10. The summed E-state index contributed by atoms with van der Waals surface area (Å²) in [5.74, 6) is -0.158. The minimum absolute atomic E-state index is 0.222. The highest BCUT2D eigenvalue weighted by molar-refractivity contribution is 6.38. The number of hydrogen-bond donors (Lipinski definition) is 2. The molecule has 2 N–H and O–H groups in total. The Labute approximate surface area is 184 Å². The number of carboxylic acids is 1. The Hall–Kier alpha value is -3.03. The van der Waals surface area contributed by atoms with Gasteiger partial charge in [-0.15, -0.1) is 0 Å². The highest BCUT2D eigenvalue weighted by Crippen LogP contribution is 2.31. The van der Waals surface area contributed by atoms with Gasteiger partial charge in [0.05, 0.1) is 19.8 Å². The van der Waals surface area contributed by atoms with Crippen LogP contribution in [-0.2, 0) is 19.1 Å². The van der Waals surface area contributed by atoms with E-state index in [9.17, 15) is 14.4 Å². The van der Waals surface area contributed by atoms with E-state index in [2.05, 4.69) is 19.2 Å². The Morgan fingerprint density at radius 2 is 1.81 bits per heavy atom. The number of benzene rings is 1. The van der Waals surface area contributed by atoms with Crippen LogP contribution in [0.15, 0.2) is 30.1 Å². The number of carboxylic acid groups (broad SMARTS) is 1. The predicted molar refractivity (Wildman–Crippen MR) is 118 cm³/mol. The number of nitrogens with zero attached hydrogens (tertiary/aromatic N) is 1. The van der Waals surface area contributed by atoms with Gasteiger partial charge in [0.15, 0.2) is 11.6 Å². The van der Waals surface area contributed by atoms with Gasteiger partial charge in [-0.1, -0.05) is 52.2 Å².